The van der Waals surface area contributed by atoms with Crippen molar-refractivity contribution >= 4 is 21.6 Å². The molecule has 0 saturated heterocycles. The lowest BCUT2D eigenvalue weighted by Crippen LogP contribution is -2.41. The van der Waals surface area contributed by atoms with Crippen molar-refractivity contribution in [2.24, 2.45) is 0 Å². The van der Waals surface area contributed by atoms with Crippen LogP contribution in [0.5, 0.6) is 5.75 Å². The molecule has 0 unspecified atom stereocenters. The number of rotatable bonds is 8. The number of hydrogen-bond acceptors (Lipinski definition) is 4. The summed E-state index contributed by atoms with van der Waals surface area (Å²) in [6, 6.07) is 10.7. The molecule has 0 aliphatic rings. The van der Waals surface area contributed by atoms with E-state index in [1.54, 1.807) is 24.3 Å². The SMILES string of the molecule is CCOc1ccccc1N(CC(=O)N[C@H](C)c1cc(C)c(C)cc1C)S(C)(=O)=O. The molecule has 2 rings (SSSR count). The number of carbonyl (C=O) groups excluding carboxylic acids is 1. The Morgan fingerprint density at radius 3 is 2.34 bits per heavy atom. The molecule has 7 heteroatoms. The maximum absolute atomic E-state index is 12.7. The molecule has 1 N–H and O–H groups in total. The Morgan fingerprint density at radius 1 is 1.10 bits per heavy atom. The van der Waals surface area contributed by atoms with Crippen LogP contribution in [0.4, 0.5) is 5.69 Å². The van der Waals surface area contributed by atoms with Gasteiger partial charge in [-0.1, -0.05) is 24.3 Å². The van der Waals surface area contributed by atoms with Crippen molar-refractivity contribution in [3.63, 3.8) is 0 Å². The first-order valence-electron chi connectivity index (χ1n) is 9.61. The molecule has 0 fully saturated rings. The summed E-state index contributed by atoms with van der Waals surface area (Å²) in [5.74, 6) is 0.0399. The number of nitrogens with zero attached hydrogens (tertiary/aromatic N) is 1. The molecule has 6 nitrogen and oxygen atoms in total. The molecule has 2 aromatic rings. The van der Waals surface area contributed by atoms with Gasteiger partial charge in [0.25, 0.3) is 0 Å². The summed E-state index contributed by atoms with van der Waals surface area (Å²) in [5.41, 5.74) is 4.79. The number of aryl methyl sites for hydroxylation is 3. The predicted octanol–water partition coefficient (Wildman–Crippen LogP) is 3.65. The lowest BCUT2D eigenvalue weighted by atomic mass is 9.96. The Balaban J connectivity index is 2.25. The highest BCUT2D eigenvalue weighted by Crippen LogP contribution is 2.30. The van der Waals surface area contributed by atoms with Gasteiger partial charge in [-0.2, -0.15) is 0 Å². The molecule has 1 amide bonds. The van der Waals surface area contributed by atoms with Crippen molar-refractivity contribution in [1.29, 1.82) is 0 Å². The van der Waals surface area contributed by atoms with E-state index in [4.69, 9.17) is 4.74 Å². The third kappa shape index (κ3) is 5.73. The number of ether oxygens (including phenoxy) is 1. The zero-order valence-electron chi connectivity index (χ0n) is 17.9. The number of sulfonamides is 1. The van der Waals surface area contributed by atoms with Crippen LogP contribution in [0.2, 0.25) is 0 Å². The fourth-order valence-corrected chi connectivity index (χ4v) is 4.13. The van der Waals surface area contributed by atoms with Gasteiger partial charge in [0, 0.05) is 0 Å². The molecule has 1 atom stereocenters. The smallest absolute Gasteiger partial charge is 0.241 e. The maximum Gasteiger partial charge on any atom is 0.241 e. The highest BCUT2D eigenvalue weighted by atomic mass is 32.2. The minimum absolute atomic E-state index is 0.245. The van der Waals surface area contributed by atoms with Gasteiger partial charge in [0.05, 0.1) is 24.6 Å². The average molecular weight is 419 g/mol. The molecular formula is C22H30N2O4S. The largest absolute Gasteiger partial charge is 0.492 e. The Bertz CT molecular complexity index is 986. The fraction of sp³-hybridized carbons (Fsp3) is 0.409. The van der Waals surface area contributed by atoms with Crippen molar-refractivity contribution < 1.29 is 17.9 Å². The van der Waals surface area contributed by atoms with Crippen molar-refractivity contribution in [3.8, 4) is 5.75 Å². The standard InChI is InChI=1S/C22H30N2O4S/c1-7-28-21-11-9-8-10-20(21)24(29(6,26)27)14-22(25)23-18(5)19-13-16(3)15(2)12-17(19)4/h8-13,18H,7,14H2,1-6H3,(H,23,25)/t18-/m1/s1. The predicted molar refractivity (Wildman–Crippen MR) is 117 cm³/mol. The number of nitrogens with one attached hydrogen (secondary N) is 1. The van der Waals surface area contributed by atoms with Crippen molar-refractivity contribution in [1.82, 2.24) is 5.32 Å². The van der Waals surface area contributed by atoms with Gasteiger partial charge in [0.1, 0.15) is 12.3 Å². The van der Waals surface area contributed by atoms with Crippen LogP contribution >= 0.6 is 0 Å². The molecular weight excluding hydrogens is 388 g/mol. The third-order valence-electron chi connectivity index (χ3n) is 4.85. The summed E-state index contributed by atoms with van der Waals surface area (Å²) >= 11 is 0. The van der Waals surface area contributed by atoms with Crippen molar-refractivity contribution in [2.45, 2.75) is 40.7 Å². The Kier molecular flexibility index (Phi) is 7.30. The van der Waals surface area contributed by atoms with Crippen LogP contribution in [0.15, 0.2) is 36.4 Å². The molecule has 0 radical (unpaired) electrons. The van der Waals surface area contributed by atoms with Crippen LogP contribution in [0.1, 0.15) is 42.1 Å². The quantitative estimate of drug-likeness (QED) is 0.710. The zero-order chi connectivity index (χ0) is 21.8. The Labute approximate surface area is 173 Å². The van der Waals surface area contributed by atoms with Gasteiger partial charge < -0.3 is 10.1 Å². The molecule has 2 aromatic carbocycles. The van der Waals surface area contributed by atoms with Gasteiger partial charge in [-0.3, -0.25) is 9.10 Å². The normalized spacial score (nSPS) is 12.3. The summed E-state index contributed by atoms with van der Waals surface area (Å²) in [6.07, 6.45) is 1.08. The highest BCUT2D eigenvalue weighted by molar-refractivity contribution is 7.92. The maximum atomic E-state index is 12.7. The van der Waals surface area contributed by atoms with E-state index in [-0.39, 0.29) is 18.5 Å². The lowest BCUT2D eigenvalue weighted by Gasteiger charge is -2.25. The van der Waals surface area contributed by atoms with E-state index in [0.29, 0.717) is 18.0 Å². The number of anilines is 1. The summed E-state index contributed by atoms with van der Waals surface area (Å²) in [4.78, 5) is 12.7. The van der Waals surface area contributed by atoms with E-state index < -0.39 is 10.0 Å². The first kappa shape index (κ1) is 22.7. The molecule has 0 saturated carbocycles. The van der Waals surface area contributed by atoms with Crippen molar-refractivity contribution in [3.05, 3.63) is 58.7 Å². The van der Waals surface area contributed by atoms with Gasteiger partial charge in [0.2, 0.25) is 15.9 Å². The van der Waals surface area contributed by atoms with Crippen LogP contribution in [-0.4, -0.2) is 33.7 Å². The molecule has 0 aromatic heterocycles. The second-order valence-corrected chi connectivity index (χ2v) is 9.16. The third-order valence-corrected chi connectivity index (χ3v) is 5.97. The first-order chi connectivity index (χ1) is 13.5. The van der Waals surface area contributed by atoms with Gasteiger partial charge in [0.15, 0.2) is 0 Å². The fourth-order valence-electron chi connectivity index (χ4n) is 3.27. The molecule has 29 heavy (non-hydrogen) atoms. The summed E-state index contributed by atoms with van der Waals surface area (Å²) in [7, 11) is -3.68. The van der Waals surface area contributed by atoms with Crippen LogP contribution in [0.25, 0.3) is 0 Å². The number of hydrogen-bond donors (Lipinski definition) is 1. The van der Waals surface area contributed by atoms with Crippen LogP contribution in [-0.2, 0) is 14.8 Å². The van der Waals surface area contributed by atoms with Gasteiger partial charge in [-0.15, -0.1) is 0 Å². The van der Waals surface area contributed by atoms with Crippen LogP contribution in [0.3, 0.4) is 0 Å². The molecule has 158 valence electrons. The summed E-state index contributed by atoms with van der Waals surface area (Å²) in [5, 5.41) is 2.92. The number of benzene rings is 2. The minimum atomic E-state index is -3.68. The summed E-state index contributed by atoms with van der Waals surface area (Å²) < 4.78 is 31.4. The van der Waals surface area contributed by atoms with Gasteiger partial charge in [-0.25, -0.2) is 8.42 Å². The molecule has 0 bridgehead atoms. The van der Waals surface area contributed by atoms with Crippen LogP contribution in [0, 0.1) is 20.8 Å². The van der Waals surface area contributed by atoms with E-state index in [1.807, 2.05) is 27.7 Å². The van der Waals surface area contributed by atoms with E-state index in [2.05, 4.69) is 24.4 Å². The number of amides is 1. The van der Waals surface area contributed by atoms with E-state index in [9.17, 15) is 13.2 Å². The molecule has 0 aliphatic carbocycles. The highest BCUT2D eigenvalue weighted by Gasteiger charge is 2.25. The van der Waals surface area contributed by atoms with E-state index >= 15 is 0 Å². The van der Waals surface area contributed by atoms with Crippen LogP contribution < -0.4 is 14.4 Å². The molecule has 0 heterocycles. The summed E-state index contributed by atoms with van der Waals surface area (Å²) in [6.45, 7) is 9.88. The zero-order valence-corrected chi connectivity index (χ0v) is 18.8. The molecule has 0 aliphatic heterocycles. The average Bonchev–Trinajstić information content (AvgIpc) is 2.62. The lowest BCUT2D eigenvalue weighted by molar-refractivity contribution is -0.120. The number of carbonyl (C=O) groups is 1. The van der Waals surface area contributed by atoms with E-state index in [1.165, 1.54) is 5.56 Å². The van der Waals surface area contributed by atoms with E-state index in [0.717, 1.165) is 27.3 Å². The van der Waals surface area contributed by atoms with Gasteiger partial charge >= 0.3 is 0 Å². The van der Waals surface area contributed by atoms with Crippen molar-refractivity contribution in [2.75, 3.05) is 23.7 Å². The number of para-hydroxylation sites is 2. The van der Waals surface area contributed by atoms with Gasteiger partial charge in [-0.05, 0) is 69.0 Å². The Hall–Kier alpha value is -2.54. The second-order valence-electron chi connectivity index (χ2n) is 7.25. The monoisotopic (exact) mass is 418 g/mol. The minimum Gasteiger partial charge on any atom is -0.492 e. The Morgan fingerprint density at radius 2 is 1.72 bits per heavy atom. The molecule has 0 spiro atoms. The second kappa shape index (κ2) is 9.31. The topological polar surface area (TPSA) is 75.7 Å². The first-order valence-corrected chi connectivity index (χ1v) is 11.5.